The molecule has 0 aliphatic carbocycles. The molecule has 0 unspecified atom stereocenters. The van der Waals surface area contributed by atoms with Crippen molar-refractivity contribution in [2.75, 3.05) is 19.6 Å². The van der Waals surface area contributed by atoms with E-state index in [9.17, 15) is 14.9 Å². The number of nitro benzene ring substituents is 1. The summed E-state index contributed by atoms with van der Waals surface area (Å²) in [6, 6.07) is 5.03. The second-order valence-corrected chi connectivity index (χ2v) is 4.96. The number of amides is 1. The topological polar surface area (TPSA) is 75.5 Å². The molecule has 0 atom stereocenters. The number of carbonyl (C=O) groups is 1. The van der Waals surface area contributed by atoms with Crippen molar-refractivity contribution >= 4 is 27.5 Å². The highest BCUT2D eigenvalue weighted by Crippen LogP contribution is 2.26. The molecule has 0 radical (unpaired) electrons. The summed E-state index contributed by atoms with van der Waals surface area (Å²) in [6.07, 6.45) is 0. The van der Waals surface area contributed by atoms with Crippen LogP contribution in [0.2, 0.25) is 0 Å². The van der Waals surface area contributed by atoms with Crippen molar-refractivity contribution in [3.8, 4) is 0 Å². The molecule has 1 fully saturated rings. The molecule has 0 saturated carbocycles. The molecule has 7 heteroatoms. The van der Waals surface area contributed by atoms with Gasteiger partial charge in [0, 0.05) is 25.7 Å². The van der Waals surface area contributed by atoms with Gasteiger partial charge in [0.15, 0.2) is 0 Å². The van der Waals surface area contributed by atoms with E-state index in [0.717, 1.165) is 12.1 Å². The summed E-state index contributed by atoms with van der Waals surface area (Å²) in [5.74, 6) is -0.00661. The van der Waals surface area contributed by atoms with Gasteiger partial charge in [-0.3, -0.25) is 19.8 Å². The van der Waals surface area contributed by atoms with E-state index in [-0.39, 0.29) is 11.6 Å². The van der Waals surface area contributed by atoms with Gasteiger partial charge in [0.25, 0.3) is 5.69 Å². The number of halogens is 1. The second-order valence-electron chi connectivity index (χ2n) is 4.10. The Hall–Kier alpha value is -1.47. The molecule has 0 bridgehead atoms. The molecule has 18 heavy (non-hydrogen) atoms. The number of hydrogen-bond donors (Lipinski definition) is 1. The molecule has 1 heterocycles. The highest BCUT2D eigenvalue weighted by atomic mass is 79.9. The number of nitrogens with one attached hydrogen (secondary N) is 1. The Bertz CT molecular complexity index is 492. The number of hydrogen-bond acceptors (Lipinski definition) is 4. The van der Waals surface area contributed by atoms with Crippen molar-refractivity contribution in [2.45, 2.75) is 6.54 Å². The lowest BCUT2D eigenvalue weighted by molar-refractivity contribution is -0.385. The first-order chi connectivity index (χ1) is 8.56. The van der Waals surface area contributed by atoms with Crippen molar-refractivity contribution in [3.05, 3.63) is 38.3 Å². The molecule has 6 nitrogen and oxygen atoms in total. The van der Waals surface area contributed by atoms with Crippen LogP contribution in [0.3, 0.4) is 0 Å². The third kappa shape index (κ3) is 3.05. The summed E-state index contributed by atoms with van der Waals surface area (Å²) >= 11 is 3.15. The molecule has 1 amide bonds. The van der Waals surface area contributed by atoms with Crippen LogP contribution in [0.1, 0.15) is 5.56 Å². The fourth-order valence-corrected chi connectivity index (χ4v) is 2.27. The Morgan fingerprint density at radius 3 is 2.94 bits per heavy atom. The van der Waals surface area contributed by atoms with Crippen molar-refractivity contribution in [2.24, 2.45) is 0 Å². The van der Waals surface area contributed by atoms with Crippen LogP contribution in [0.15, 0.2) is 22.7 Å². The standard InChI is InChI=1S/C11H12BrN3O3/c12-9-2-1-8(5-10(9)15(17)18)6-14-4-3-13-11(16)7-14/h1-2,5H,3-4,6-7H2,(H,13,16). The largest absolute Gasteiger partial charge is 0.354 e. The summed E-state index contributed by atoms with van der Waals surface area (Å²) < 4.78 is 0.465. The molecular weight excluding hydrogens is 302 g/mol. The molecular formula is C11H12BrN3O3. The van der Waals surface area contributed by atoms with Crippen LogP contribution in [0.25, 0.3) is 0 Å². The number of benzene rings is 1. The van der Waals surface area contributed by atoms with E-state index in [0.29, 0.717) is 24.1 Å². The van der Waals surface area contributed by atoms with E-state index in [4.69, 9.17) is 0 Å². The molecule has 0 aromatic heterocycles. The van der Waals surface area contributed by atoms with Gasteiger partial charge in [-0.15, -0.1) is 0 Å². The first-order valence-electron chi connectivity index (χ1n) is 5.48. The zero-order valence-electron chi connectivity index (χ0n) is 9.56. The second kappa shape index (κ2) is 5.45. The fourth-order valence-electron chi connectivity index (χ4n) is 1.88. The van der Waals surface area contributed by atoms with Crippen molar-refractivity contribution in [3.63, 3.8) is 0 Å². The maximum absolute atomic E-state index is 11.2. The SMILES string of the molecule is O=C1CN(Cc2ccc(Br)c([N+](=O)[O-])c2)CCN1. The van der Waals surface area contributed by atoms with E-state index >= 15 is 0 Å². The van der Waals surface area contributed by atoms with Gasteiger partial charge in [0.05, 0.1) is 15.9 Å². The Morgan fingerprint density at radius 2 is 2.28 bits per heavy atom. The van der Waals surface area contributed by atoms with E-state index in [1.54, 1.807) is 6.07 Å². The third-order valence-electron chi connectivity index (χ3n) is 2.73. The zero-order valence-corrected chi connectivity index (χ0v) is 11.1. The van der Waals surface area contributed by atoms with Crippen LogP contribution in [0, 0.1) is 10.1 Å². The average Bonchev–Trinajstić information content (AvgIpc) is 2.31. The minimum atomic E-state index is -0.420. The summed E-state index contributed by atoms with van der Waals surface area (Å²) in [5, 5.41) is 13.6. The van der Waals surface area contributed by atoms with Gasteiger partial charge >= 0.3 is 0 Å². The number of carbonyl (C=O) groups excluding carboxylic acids is 1. The van der Waals surface area contributed by atoms with Gasteiger partial charge in [0.1, 0.15) is 0 Å². The van der Waals surface area contributed by atoms with Crippen LogP contribution in [-0.2, 0) is 11.3 Å². The van der Waals surface area contributed by atoms with Gasteiger partial charge in [-0.2, -0.15) is 0 Å². The molecule has 0 spiro atoms. The monoisotopic (exact) mass is 313 g/mol. The first kappa shape index (κ1) is 13.0. The average molecular weight is 314 g/mol. The predicted molar refractivity (Wildman–Crippen MR) is 69.1 cm³/mol. The van der Waals surface area contributed by atoms with Gasteiger partial charge in [-0.05, 0) is 27.6 Å². The molecule has 1 N–H and O–H groups in total. The van der Waals surface area contributed by atoms with Crippen LogP contribution >= 0.6 is 15.9 Å². The summed E-state index contributed by atoms with van der Waals surface area (Å²) in [6.45, 7) is 2.26. The molecule has 1 aliphatic heterocycles. The minimum Gasteiger partial charge on any atom is -0.354 e. The zero-order chi connectivity index (χ0) is 13.1. The Kier molecular flexibility index (Phi) is 3.93. The van der Waals surface area contributed by atoms with Gasteiger partial charge in [0.2, 0.25) is 5.91 Å². The van der Waals surface area contributed by atoms with E-state index in [1.807, 2.05) is 11.0 Å². The van der Waals surface area contributed by atoms with Crippen LogP contribution in [0.4, 0.5) is 5.69 Å². The number of piperazine rings is 1. The third-order valence-corrected chi connectivity index (χ3v) is 3.40. The Morgan fingerprint density at radius 1 is 1.50 bits per heavy atom. The van der Waals surface area contributed by atoms with Gasteiger partial charge in [-0.25, -0.2) is 0 Å². The Labute approximate surface area is 112 Å². The predicted octanol–water partition coefficient (Wildman–Crippen LogP) is 1.29. The summed E-state index contributed by atoms with van der Waals surface area (Å²) in [7, 11) is 0. The first-order valence-corrected chi connectivity index (χ1v) is 6.27. The van der Waals surface area contributed by atoms with Crippen molar-refractivity contribution in [1.82, 2.24) is 10.2 Å². The highest BCUT2D eigenvalue weighted by molar-refractivity contribution is 9.10. The highest BCUT2D eigenvalue weighted by Gasteiger charge is 2.18. The molecule has 1 aromatic rings. The maximum Gasteiger partial charge on any atom is 0.283 e. The van der Waals surface area contributed by atoms with Crippen molar-refractivity contribution in [1.29, 1.82) is 0 Å². The van der Waals surface area contributed by atoms with Gasteiger partial charge < -0.3 is 5.32 Å². The summed E-state index contributed by atoms with van der Waals surface area (Å²) in [5.41, 5.74) is 0.883. The smallest absolute Gasteiger partial charge is 0.283 e. The number of nitrogens with zero attached hydrogens (tertiary/aromatic N) is 2. The lowest BCUT2D eigenvalue weighted by Gasteiger charge is -2.26. The van der Waals surface area contributed by atoms with E-state index in [1.165, 1.54) is 6.07 Å². The number of rotatable bonds is 3. The summed E-state index contributed by atoms with van der Waals surface area (Å²) in [4.78, 5) is 23.6. The minimum absolute atomic E-state index is 0.00661. The molecule has 96 valence electrons. The molecule has 2 rings (SSSR count). The van der Waals surface area contributed by atoms with Crippen LogP contribution in [0.5, 0.6) is 0 Å². The van der Waals surface area contributed by atoms with Crippen LogP contribution < -0.4 is 5.32 Å². The normalized spacial score (nSPS) is 16.4. The number of nitro groups is 1. The Balaban J connectivity index is 2.11. The van der Waals surface area contributed by atoms with E-state index in [2.05, 4.69) is 21.2 Å². The lowest BCUT2D eigenvalue weighted by atomic mass is 10.2. The lowest BCUT2D eigenvalue weighted by Crippen LogP contribution is -2.47. The van der Waals surface area contributed by atoms with Crippen molar-refractivity contribution < 1.29 is 9.72 Å². The quantitative estimate of drug-likeness (QED) is 0.674. The van der Waals surface area contributed by atoms with Gasteiger partial charge in [-0.1, -0.05) is 6.07 Å². The van der Waals surface area contributed by atoms with E-state index < -0.39 is 4.92 Å². The molecule has 1 saturated heterocycles. The fraction of sp³-hybridized carbons (Fsp3) is 0.364. The molecule has 1 aromatic carbocycles. The molecule has 1 aliphatic rings. The maximum atomic E-state index is 11.2. The van der Waals surface area contributed by atoms with Crippen LogP contribution in [-0.4, -0.2) is 35.4 Å².